The molecule has 1 heterocycles. The first kappa shape index (κ1) is 12.0. The number of carboxylic acids is 1. The minimum atomic E-state index is -0.775. The molecule has 0 aromatic carbocycles. The lowest BCUT2D eigenvalue weighted by Crippen LogP contribution is -2.30. The standard InChI is InChI=1S/C10H16N2O2S/c1-10(2,3)7(8(13)14)4-6-5-11-9(15)12-6/h5,7H,4H2,1-3H3,(H,13,14)(H2,11,12,15)/t7-/m0/s1. The summed E-state index contributed by atoms with van der Waals surface area (Å²) in [4.78, 5) is 16.9. The Morgan fingerprint density at radius 1 is 1.60 bits per heavy atom. The van der Waals surface area contributed by atoms with Crippen molar-refractivity contribution in [3.05, 3.63) is 16.7 Å². The molecule has 0 aliphatic rings. The van der Waals surface area contributed by atoms with E-state index in [1.165, 1.54) is 0 Å². The van der Waals surface area contributed by atoms with Crippen LogP contribution in [0.3, 0.4) is 0 Å². The van der Waals surface area contributed by atoms with Crippen LogP contribution >= 0.6 is 12.2 Å². The number of nitrogens with one attached hydrogen (secondary N) is 2. The van der Waals surface area contributed by atoms with Gasteiger partial charge in [0.15, 0.2) is 4.77 Å². The van der Waals surface area contributed by atoms with Gasteiger partial charge in [-0.3, -0.25) is 4.79 Å². The van der Waals surface area contributed by atoms with Gasteiger partial charge in [-0.1, -0.05) is 20.8 Å². The minimum absolute atomic E-state index is 0.265. The molecule has 0 saturated heterocycles. The fourth-order valence-electron chi connectivity index (χ4n) is 1.46. The van der Waals surface area contributed by atoms with Gasteiger partial charge in [-0.25, -0.2) is 0 Å². The van der Waals surface area contributed by atoms with Crippen molar-refractivity contribution in [2.24, 2.45) is 11.3 Å². The number of carboxylic acid groups (broad SMARTS) is 1. The van der Waals surface area contributed by atoms with Gasteiger partial charge in [0.1, 0.15) is 0 Å². The number of carbonyl (C=O) groups is 1. The van der Waals surface area contributed by atoms with Gasteiger partial charge in [-0.05, 0) is 17.6 Å². The fraction of sp³-hybridized carbons (Fsp3) is 0.600. The number of H-pyrrole nitrogens is 2. The Bertz CT molecular complexity index is 400. The Labute approximate surface area is 93.7 Å². The van der Waals surface area contributed by atoms with E-state index in [-0.39, 0.29) is 5.41 Å². The largest absolute Gasteiger partial charge is 0.481 e. The third kappa shape index (κ3) is 3.20. The molecule has 0 radical (unpaired) electrons. The van der Waals surface area contributed by atoms with Crippen LogP contribution in [0.5, 0.6) is 0 Å². The van der Waals surface area contributed by atoms with E-state index in [0.29, 0.717) is 11.2 Å². The number of aromatic amines is 2. The van der Waals surface area contributed by atoms with Crippen LogP contribution in [-0.2, 0) is 11.2 Å². The van der Waals surface area contributed by atoms with Crippen LogP contribution in [0.15, 0.2) is 6.20 Å². The van der Waals surface area contributed by atoms with E-state index >= 15 is 0 Å². The third-order valence-corrected chi connectivity index (χ3v) is 2.64. The summed E-state index contributed by atoms with van der Waals surface area (Å²) >= 11 is 4.89. The van der Waals surface area contributed by atoms with Gasteiger partial charge in [0.2, 0.25) is 0 Å². The summed E-state index contributed by atoms with van der Waals surface area (Å²) in [6.45, 7) is 5.77. The zero-order valence-electron chi connectivity index (χ0n) is 9.13. The van der Waals surface area contributed by atoms with E-state index in [4.69, 9.17) is 17.3 Å². The second-order valence-electron chi connectivity index (χ2n) is 4.73. The average Bonchev–Trinajstić information content (AvgIpc) is 2.44. The SMILES string of the molecule is CC(C)(C)[C@@H](Cc1c[nH]c(=S)[nH]1)C(=O)O. The predicted molar refractivity (Wildman–Crippen MR) is 60.3 cm³/mol. The van der Waals surface area contributed by atoms with Gasteiger partial charge < -0.3 is 15.1 Å². The number of aliphatic carboxylic acids is 1. The average molecular weight is 228 g/mol. The topological polar surface area (TPSA) is 68.9 Å². The van der Waals surface area contributed by atoms with Crippen LogP contribution < -0.4 is 0 Å². The molecule has 0 fully saturated rings. The highest BCUT2D eigenvalue weighted by molar-refractivity contribution is 7.71. The molecule has 1 aromatic heterocycles. The summed E-state index contributed by atoms with van der Waals surface area (Å²) in [7, 11) is 0. The second-order valence-corrected chi connectivity index (χ2v) is 5.14. The van der Waals surface area contributed by atoms with Crippen molar-refractivity contribution in [2.45, 2.75) is 27.2 Å². The highest BCUT2D eigenvalue weighted by Crippen LogP contribution is 2.28. The van der Waals surface area contributed by atoms with E-state index in [0.717, 1.165) is 5.69 Å². The van der Waals surface area contributed by atoms with Crippen molar-refractivity contribution < 1.29 is 9.90 Å². The lowest BCUT2D eigenvalue weighted by atomic mass is 9.78. The maximum absolute atomic E-state index is 11.1. The van der Waals surface area contributed by atoms with Crippen LogP contribution in [0.4, 0.5) is 0 Å². The van der Waals surface area contributed by atoms with Crippen molar-refractivity contribution in [1.82, 2.24) is 9.97 Å². The van der Waals surface area contributed by atoms with Gasteiger partial charge in [-0.15, -0.1) is 0 Å². The molecule has 1 atom stereocenters. The molecule has 0 aliphatic heterocycles. The van der Waals surface area contributed by atoms with Gasteiger partial charge in [-0.2, -0.15) is 0 Å². The lowest BCUT2D eigenvalue weighted by molar-refractivity contribution is -0.145. The highest BCUT2D eigenvalue weighted by Gasteiger charge is 2.31. The van der Waals surface area contributed by atoms with Gasteiger partial charge in [0, 0.05) is 18.3 Å². The van der Waals surface area contributed by atoms with Crippen molar-refractivity contribution in [3.63, 3.8) is 0 Å². The van der Waals surface area contributed by atoms with E-state index in [1.54, 1.807) is 6.20 Å². The summed E-state index contributed by atoms with van der Waals surface area (Å²) in [5.41, 5.74) is 0.570. The summed E-state index contributed by atoms with van der Waals surface area (Å²) in [5.74, 6) is -1.19. The molecule has 3 N–H and O–H groups in total. The van der Waals surface area contributed by atoms with Crippen LogP contribution in [0.2, 0.25) is 0 Å². The molecule has 0 aliphatic carbocycles. The second kappa shape index (κ2) is 4.18. The van der Waals surface area contributed by atoms with Gasteiger partial charge >= 0.3 is 5.97 Å². The first-order valence-corrected chi connectivity index (χ1v) is 5.21. The molecule has 84 valence electrons. The quantitative estimate of drug-likeness (QED) is 0.696. The molecule has 0 spiro atoms. The number of aromatic nitrogens is 2. The molecule has 1 aromatic rings. The molecular formula is C10H16N2O2S. The Hall–Kier alpha value is -1.10. The van der Waals surface area contributed by atoms with Crippen molar-refractivity contribution >= 4 is 18.2 Å². The summed E-state index contributed by atoms with van der Waals surface area (Å²) in [6.07, 6.45) is 2.19. The van der Waals surface area contributed by atoms with Gasteiger partial charge in [0.05, 0.1) is 5.92 Å². The summed E-state index contributed by atoms with van der Waals surface area (Å²) in [6, 6.07) is 0. The molecule has 5 heteroatoms. The summed E-state index contributed by atoms with van der Waals surface area (Å²) in [5, 5.41) is 9.13. The molecule has 0 amide bonds. The normalized spacial score (nSPS) is 13.8. The number of imidazole rings is 1. The Morgan fingerprint density at radius 3 is 2.53 bits per heavy atom. The maximum Gasteiger partial charge on any atom is 0.307 e. The van der Waals surface area contributed by atoms with E-state index in [9.17, 15) is 4.79 Å². The Kier molecular flexibility index (Phi) is 3.34. The fourth-order valence-corrected chi connectivity index (χ4v) is 1.65. The minimum Gasteiger partial charge on any atom is -0.481 e. The van der Waals surface area contributed by atoms with Crippen molar-refractivity contribution in [1.29, 1.82) is 0 Å². The monoisotopic (exact) mass is 228 g/mol. The lowest BCUT2D eigenvalue weighted by Gasteiger charge is -2.26. The van der Waals surface area contributed by atoms with Crippen LogP contribution in [0.1, 0.15) is 26.5 Å². The highest BCUT2D eigenvalue weighted by atomic mass is 32.1. The van der Waals surface area contributed by atoms with Crippen molar-refractivity contribution in [2.75, 3.05) is 0 Å². The van der Waals surface area contributed by atoms with E-state index in [2.05, 4.69) is 9.97 Å². The van der Waals surface area contributed by atoms with E-state index in [1.807, 2.05) is 20.8 Å². The molecule has 0 bridgehead atoms. The van der Waals surface area contributed by atoms with E-state index < -0.39 is 11.9 Å². The summed E-state index contributed by atoms with van der Waals surface area (Å²) < 4.78 is 0.531. The Balaban J connectivity index is 2.85. The molecule has 1 rings (SSSR count). The van der Waals surface area contributed by atoms with Gasteiger partial charge in [0.25, 0.3) is 0 Å². The third-order valence-electron chi connectivity index (χ3n) is 2.42. The zero-order valence-corrected chi connectivity index (χ0v) is 9.94. The smallest absolute Gasteiger partial charge is 0.307 e. The number of hydrogen-bond donors (Lipinski definition) is 3. The maximum atomic E-state index is 11.1. The number of hydrogen-bond acceptors (Lipinski definition) is 2. The molecule has 0 unspecified atom stereocenters. The molecular weight excluding hydrogens is 212 g/mol. The Morgan fingerprint density at radius 2 is 2.20 bits per heavy atom. The van der Waals surface area contributed by atoms with Crippen molar-refractivity contribution in [3.8, 4) is 0 Å². The van der Waals surface area contributed by atoms with Crippen LogP contribution in [0.25, 0.3) is 0 Å². The molecule has 4 nitrogen and oxygen atoms in total. The predicted octanol–water partition coefficient (Wildman–Crippen LogP) is 2.36. The van der Waals surface area contributed by atoms with Crippen LogP contribution in [-0.4, -0.2) is 21.0 Å². The number of rotatable bonds is 3. The first-order valence-electron chi connectivity index (χ1n) is 4.80. The first-order chi connectivity index (χ1) is 6.80. The molecule has 15 heavy (non-hydrogen) atoms. The van der Waals surface area contributed by atoms with Crippen LogP contribution in [0, 0.1) is 16.1 Å². The zero-order chi connectivity index (χ0) is 11.6. The molecule has 0 saturated carbocycles.